The lowest BCUT2D eigenvalue weighted by Gasteiger charge is -2.19. The Bertz CT molecular complexity index is 534. The van der Waals surface area contributed by atoms with Crippen LogP contribution in [-0.2, 0) is 9.59 Å². The van der Waals surface area contributed by atoms with Crippen molar-refractivity contribution in [2.45, 2.75) is 12.6 Å². The van der Waals surface area contributed by atoms with Gasteiger partial charge in [0, 0.05) is 0 Å². The largest absolute Gasteiger partial charge is 0.493 e. The lowest BCUT2D eigenvalue weighted by molar-refractivity contribution is -0.157. The van der Waals surface area contributed by atoms with E-state index < -0.39 is 24.5 Å². The Labute approximate surface area is 125 Å². The molecule has 0 aromatic heterocycles. The first kappa shape index (κ1) is 16.1. The summed E-state index contributed by atoms with van der Waals surface area (Å²) in [7, 11) is 0. The minimum absolute atomic E-state index is 0.00202. The molecule has 0 unspecified atom stereocenters. The highest BCUT2D eigenvalue weighted by Crippen LogP contribution is 2.19. The van der Waals surface area contributed by atoms with E-state index in [1.165, 1.54) is 0 Å². The van der Waals surface area contributed by atoms with E-state index in [0.29, 0.717) is 10.6 Å². The van der Waals surface area contributed by atoms with Crippen LogP contribution in [0.15, 0.2) is 30.3 Å². The van der Waals surface area contributed by atoms with Crippen molar-refractivity contribution in [3.05, 3.63) is 30.3 Å². The van der Waals surface area contributed by atoms with Crippen LogP contribution in [0.1, 0.15) is 6.42 Å². The van der Waals surface area contributed by atoms with E-state index >= 15 is 0 Å². The Morgan fingerprint density at radius 1 is 1.23 bits per heavy atom. The molecule has 2 amide bonds. The van der Waals surface area contributed by atoms with Crippen molar-refractivity contribution in [1.29, 1.82) is 0 Å². The van der Waals surface area contributed by atoms with Gasteiger partial charge >= 0.3 is 6.18 Å². The minimum Gasteiger partial charge on any atom is -0.493 e. The van der Waals surface area contributed by atoms with Gasteiger partial charge in [0.15, 0.2) is 0 Å². The summed E-state index contributed by atoms with van der Waals surface area (Å²) in [5.41, 5.74) is 0. The van der Waals surface area contributed by atoms with E-state index in [2.05, 4.69) is 0 Å². The Hall–Kier alpha value is -2.25. The number of ether oxygens (including phenoxy) is 1. The smallest absolute Gasteiger partial charge is 0.406 e. The van der Waals surface area contributed by atoms with Gasteiger partial charge in [0.25, 0.3) is 0 Å². The van der Waals surface area contributed by atoms with Gasteiger partial charge in [-0.1, -0.05) is 18.2 Å². The monoisotopic (exact) mass is 316 g/mol. The molecule has 0 spiro atoms. The van der Waals surface area contributed by atoms with Crippen molar-refractivity contribution in [3.63, 3.8) is 0 Å². The number of carbonyl (C=O) groups is 2. The maximum Gasteiger partial charge on any atom is 0.406 e. The van der Waals surface area contributed by atoms with Crippen LogP contribution in [0, 0.1) is 0 Å². The molecule has 1 aliphatic rings. The molecule has 120 valence electrons. The number of carbonyl (C=O) groups excluding carboxylic acids is 2. The summed E-state index contributed by atoms with van der Waals surface area (Å²) in [5, 5.41) is 0. The van der Waals surface area contributed by atoms with Gasteiger partial charge in [0.05, 0.1) is 19.7 Å². The molecule has 0 radical (unpaired) electrons. The summed E-state index contributed by atoms with van der Waals surface area (Å²) in [5.74, 6) is -0.505. The summed E-state index contributed by atoms with van der Waals surface area (Å²) in [6, 6.07) is 8.85. The SMILES string of the molecule is O=C(CCOc1ccccc1)N1CC(=O)N(CC(F)(F)F)C1. The molecule has 2 rings (SSSR count). The minimum atomic E-state index is -4.47. The molecule has 1 saturated heterocycles. The number of halogens is 3. The predicted molar refractivity (Wildman–Crippen MR) is 70.9 cm³/mol. The number of alkyl halides is 3. The van der Waals surface area contributed by atoms with Crippen molar-refractivity contribution in [1.82, 2.24) is 9.80 Å². The van der Waals surface area contributed by atoms with Crippen LogP contribution in [0.25, 0.3) is 0 Å². The zero-order valence-electron chi connectivity index (χ0n) is 11.7. The lowest BCUT2D eigenvalue weighted by atomic mass is 10.3. The van der Waals surface area contributed by atoms with Crippen LogP contribution in [0.2, 0.25) is 0 Å². The van der Waals surface area contributed by atoms with E-state index in [1.807, 2.05) is 6.07 Å². The molecule has 0 atom stereocenters. The summed E-state index contributed by atoms with van der Waals surface area (Å²) in [4.78, 5) is 25.1. The summed E-state index contributed by atoms with van der Waals surface area (Å²) >= 11 is 0. The van der Waals surface area contributed by atoms with Gasteiger partial charge in [0.2, 0.25) is 11.8 Å². The van der Waals surface area contributed by atoms with E-state index in [9.17, 15) is 22.8 Å². The maximum absolute atomic E-state index is 12.3. The molecule has 1 heterocycles. The summed E-state index contributed by atoms with van der Waals surface area (Å²) in [6.45, 7) is -1.88. The summed E-state index contributed by atoms with van der Waals surface area (Å²) < 4.78 is 42.2. The maximum atomic E-state index is 12.3. The second-order valence-electron chi connectivity index (χ2n) is 4.85. The zero-order valence-corrected chi connectivity index (χ0v) is 11.7. The highest BCUT2D eigenvalue weighted by molar-refractivity contribution is 5.87. The van der Waals surface area contributed by atoms with Gasteiger partial charge in [-0.25, -0.2) is 0 Å². The van der Waals surface area contributed by atoms with Crippen molar-refractivity contribution in [2.24, 2.45) is 0 Å². The topological polar surface area (TPSA) is 49.9 Å². The van der Waals surface area contributed by atoms with Crippen LogP contribution >= 0.6 is 0 Å². The Morgan fingerprint density at radius 2 is 1.91 bits per heavy atom. The number of hydrogen-bond donors (Lipinski definition) is 0. The molecule has 1 fully saturated rings. The zero-order chi connectivity index (χ0) is 16.2. The van der Waals surface area contributed by atoms with Crippen molar-refractivity contribution < 1.29 is 27.5 Å². The first-order valence-electron chi connectivity index (χ1n) is 6.65. The van der Waals surface area contributed by atoms with Crippen LogP contribution in [0.5, 0.6) is 5.75 Å². The van der Waals surface area contributed by atoms with E-state index in [4.69, 9.17) is 4.74 Å². The second-order valence-corrected chi connectivity index (χ2v) is 4.85. The molecule has 1 aromatic carbocycles. The molecule has 5 nitrogen and oxygen atoms in total. The number of para-hydroxylation sites is 1. The van der Waals surface area contributed by atoms with Crippen molar-refractivity contribution in [3.8, 4) is 5.75 Å². The van der Waals surface area contributed by atoms with Gasteiger partial charge in [-0.15, -0.1) is 0 Å². The number of rotatable bonds is 5. The highest BCUT2D eigenvalue weighted by Gasteiger charge is 2.38. The molecule has 0 saturated carbocycles. The van der Waals surface area contributed by atoms with Crippen LogP contribution in [0.4, 0.5) is 13.2 Å². The van der Waals surface area contributed by atoms with Gasteiger partial charge < -0.3 is 14.5 Å². The molecular weight excluding hydrogens is 301 g/mol. The first-order chi connectivity index (χ1) is 10.3. The second kappa shape index (κ2) is 6.67. The van der Waals surface area contributed by atoms with Crippen molar-refractivity contribution >= 4 is 11.8 Å². The lowest BCUT2D eigenvalue weighted by Crippen LogP contribution is -2.37. The Balaban J connectivity index is 1.78. The Kier molecular flexibility index (Phi) is 4.89. The fraction of sp³-hybridized carbons (Fsp3) is 0.429. The van der Waals surface area contributed by atoms with Gasteiger partial charge in [0.1, 0.15) is 18.8 Å². The molecular formula is C14H15F3N2O3. The van der Waals surface area contributed by atoms with E-state index in [-0.39, 0.29) is 26.2 Å². The van der Waals surface area contributed by atoms with Gasteiger partial charge in [-0.3, -0.25) is 9.59 Å². The standard InChI is InChI=1S/C14H15F3N2O3/c15-14(16,17)9-19-10-18(8-13(19)21)12(20)6-7-22-11-4-2-1-3-5-11/h1-5H,6-10H2. The van der Waals surface area contributed by atoms with Crippen LogP contribution in [0.3, 0.4) is 0 Å². The molecule has 1 aromatic rings. The average Bonchev–Trinajstić information content (AvgIpc) is 2.79. The highest BCUT2D eigenvalue weighted by atomic mass is 19.4. The molecule has 0 bridgehead atoms. The third kappa shape index (κ3) is 4.64. The number of hydrogen-bond acceptors (Lipinski definition) is 3. The van der Waals surface area contributed by atoms with Gasteiger partial charge in [-0.05, 0) is 12.1 Å². The molecule has 22 heavy (non-hydrogen) atoms. The molecule has 1 aliphatic heterocycles. The molecule has 0 N–H and O–H groups in total. The fourth-order valence-electron chi connectivity index (χ4n) is 2.05. The number of benzene rings is 1. The summed E-state index contributed by atoms with van der Waals surface area (Å²) in [6.07, 6.45) is -4.47. The third-order valence-corrected chi connectivity index (χ3v) is 3.07. The normalized spacial score (nSPS) is 15.3. The van der Waals surface area contributed by atoms with Crippen LogP contribution < -0.4 is 4.74 Å². The number of nitrogens with zero attached hydrogens (tertiary/aromatic N) is 2. The number of amides is 2. The third-order valence-electron chi connectivity index (χ3n) is 3.07. The van der Waals surface area contributed by atoms with Crippen molar-refractivity contribution in [2.75, 3.05) is 26.4 Å². The fourth-order valence-corrected chi connectivity index (χ4v) is 2.05. The molecule has 8 heteroatoms. The first-order valence-corrected chi connectivity index (χ1v) is 6.65. The quantitative estimate of drug-likeness (QED) is 0.830. The Morgan fingerprint density at radius 3 is 2.55 bits per heavy atom. The van der Waals surface area contributed by atoms with Crippen LogP contribution in [-0.4, -0.2) is 54.2 Å². The van der Waals surface area contributed by atoms with Gasteiger partial charge in [-0.2, -0.15) is 13.2 Å². The van der Waals surface area contributed by atoms with E-state index in [0.717, 1.165) is 4.90 Å². The van der Waals surface area contributed by atoms with E-state index in [1.54, 1.807) is 24.3 Å². The predicted octanol–water partition coefficient (Wildman–Crippen LogP) is 1.65. The molecule has 0 aliphatic carbocycles. The average molecular weight is 316 g/mol.